The average molecular weight is 366 g/mol. The van der Waals surface area contributed by atoms with Gasteiger partial charge < -0.3 is 10.1 Å². The van der Waals surface area contributed by atoms with Gasteiger partial charge in [-0.2, -0.15) is 0 Å². The van der Waals surface area contributed by atoms with Crippen LogP contribution in [0.15, 0.2) is 60.1 Å². The molecule has 0 fully saturated rings. The zero-order chi connectivity index (χ0) is 18.4. The Kier molecular flexibility index (Phi) is 5.76. The topological polar surface area (TPSA) is 68.3 Å². The van der Waals surface area contributed by atoms with Crippen molar-refractivity contribution >= 4 is 40.2 Å². The number of carbonyl (C=O) groups excluding carboxylic acids is 2. The maximum absolute atomic E-state index is 12.0. The Hall–Kier alpha value is -2.99. The highest BCUT2D eigenvalue weighted by atomic mass is 32.1. The monoisotopic (exact) mass is 366 g/mol. The highest BCUT2D eigenvalue weighted by molar-refractivity contribution is 7.09. The number of benzene rings is 1. The zero-order valence-corrected chi connectivity index (χ0v) is 15.0. The third-order valence-corrected chi connectivity index (χ3v) is 4.62. The molecule has 0 aliphatic carbocycles. The fourth-order valence-corrected chi connectivity index (χ4v) is 3.06. The van der Waals surface area contributed by atoms with Gasteiger partial charge in [-0.25, -0.2) is 4.79 Å². The Labute approximate surface area is 155 Å². The minimum Gasteiger partial charge on any atom is -0.449 e. The Balaban J connectivity index is 1.57. The summed E-state index contributed by atoms with van der Waals surface area (Å²) in [5.74, 6) is -0.899. The molecular formula is C20H18N2O3S. The van der Waals surface area contributed by atoms with Crippen LogP contribution < -0.4 is 5.32 Å². The van der Waals surface area contributed by atoms with E-state index in [-0.39, 0.29) is 5.91 Å². The van der Waals surface area contributed by atoms with Gasteiger partial charge in [-0.1, -0.05) is 30.3 Å². The summed E-state index contributed by atoms with van der Waals surface area (Å²) < 4.78 is 5.16. The first-order valence-electron chi connectivity index (χ1n) is 8.16. The first-order chi connectivity index (χ1) is 12.6. The van der Waals surface area contributed by atoms with Crippen molar-refractivity contribution < 1.29 is 14.3 Å². The van der Waals surface area contributed by atoms with E-state index in [1.165, 1.54) is 6.08 Å². The van der Waals surface area contributed by atoms with Gasteiger partial charge in [0.1, 0.15) is 0 Å². The van der Waals surface area contributed by atoms with Crippen molar-refractivity contribution in [2.24, 2.45) is 0 Å². The molecule has 0 saturated carbocycles. The van der Waals surface area contributed by atoms with Crippen molar-refractivity contribution in [2.45, 2.75) is 19.6 Å². The second-order valence-corrected chi connectivity index (χ2v) is 6.66. The third-order valence-electron chi connectivity index (χ3n) is 3.74. The van der Waals surface area contributed by atoms with Gasteiger partial charge in [0, 0.05) is 28.1 Å². The van der Waals surface area contributed by atoms with Crippen LogP contribution in [0.25, 0.3) is 17.0 Å². The van der Waals surface area contributed by atoms with Crippen LogP contribution in [0.1, 0.15) is 17.4 Å². The van der Waals surface area contributed by atoms with Gasteiger partial charge in [0.25, 0.3) is 5.91 Å². The van der Waals surface area contributed by atoms with E-state index in [0.29, 0.717) is 6.54 Å². The van der Waals surface area contributed by atoms with E-state index in [1.807, 2.05) is 47.8 Å². The summed E-state index contributed by atoms with van der Waals surface area (Å²) >= 11 is 1.56. The van der Waals surface area contributed by atoms with Crippen LogP contribution in [0, 0.1) is 0 Å². The number of aromatic nitrogens is 1. The molecule has 3 aromatic rings. The molecule has 6 heteroatoms. The first kappa shape index (κ1) is 17.8. The maximum Gasteiger partial charge on any atom is 0.331 e. The quantitative estimate of drug-likeness (QED) is 0.535. The van der Waals surface area contributed by atoms with E-state index in [9.17, 15) is 9.59 Å². The van der Waals surface area contributed by atoms with Crippen LogP contribution in [0.3, 0.4) is 0 Å². The number of hydrogen-bond acceptors (Lipinski definition) is 5. The van der Waals surface area contributed by atoms with E-state index in [1.54, 1.807) is 30.5 Å². The SMILES string of the molecule is CC(OC(=O)/C=C/c1cccc2cccnc12)C(=O)NCc1cccs1. The molecule has 0 spiro atoms. The van der Waals surface area contributed by atoms with E-state index in [0.717, 1.165) is 21.3 Å². The molecule has 1 amide bonds. The number of carbonyl (C=O) groups is 2. The fourth-order valence-electron chi connectivity index (χ4n) is 2.42. The highest BCUT2D eigenvalue weighted by Gasteiger charge is 2.16. The van der Waals surface area contributed by atoms with Crippen LogP contribution in [-0.2, 0) is 20.9 Å². The van der Waals surface area contributed by atoms with Gasteiger partial charge >= 0.3 is 5.97 Å². The number of ether oxygens (including phenoxy) is 1. The summed E-state index contributed by atoms with van der Waals surface area (Å²) in [6.07, 6.45) is 3.80. The fraction of sp³-hybridized carbons (Fsp3) is 0.150. The van der Waals surface area contributed by atoms with Crippen LogP contribution in [0.4, 0.5) is 0 Å². The molecule has 0 bridgehead atoms. The van der Waals surface area contributed by atoms with Gasteiger partial charge in [0.15, 0.2) is 6.10 Å². The number of thiophene rings is 1. The van der Waals surface area contributed by atoms with Crippen LogP contribution in [-0.4, -0.2) is 23.0 Å². The smallest absolute Gasteiger partial charge is 0.331 e. The Morgan fingerprint density at radius 2 is 2.08 bits per heavy atom. The highest BCUT2D eigenvalue weighted by Crippen LogP contribution is 2.17. The van der Waals surface area contributed by atoms with E-state index in [4.69, 9.17) is 4.74 Å². The van der Waals surface area contributed by atoms with Gasteiger partial charge in [-0.3, -0.25) is 9.78 Å². The predicted molar refractivity (Wildman–Crippen MR) is 102 cm³/mol. The number of para-hydroxylation sites is 1. The number of esters is 1. The molecule has 0 radical (unpaired) electrons. The van der Waals surface area contributed by atoms with Crippen molar-refractivity contribution in [2.75, 3.05) is 0 Å². The molecule has 3 rings (SSSR count). The molecule has 1 N–H and O–H groups in total. The zero-order valence-electron chi connectivity index (χ0n) is 14.2. The van der Waals surface area contributed by atoms with E-state index < -0.39 is 12.1 Å². The number of fused-ring (bicyclic) bond motifs is 1. The number of rotatable bonds is 6. The standard InChI is InChI=1S/C20H18N2O3S/c1-14(20(24)22-13-17-8-4-12-26-17)25-18(23)10-9-16-6-2-5-15-7-3-11-21-19(15)16/h2-12,14H,13H2,1H3,(H,22,24)/b10-9+. The molecule has 0 saturated heterocycles. The second-order valence-electron chi connectivity index (χ2n) is 5.63. The summed E-state index contributed by atoms with van der Waals surface area (Å²) in [5, 5.41) is 5.68. The largest absolute Gasteiger partial charge is 0.449 e. The molecule has 5 nitrogen and oxygen atoms in total. The van der Waals surface area contributed by atoms with Crippen molar-refractivity contribution in [3.05, 3.63) is 70.6 Å². The van der Waals surface area contributed by atoms with E-state index in [2.05, 4.69) is 10.3 Å². The summed E-state index contributed by atoms with van der Waals surface area (Å²) in [6, 6.07) is 13.4. The molecule has 2 aromatic heterocycles. The van der Waals surface area contributed by atoms with Gasteiger partial charge in [-0.05, 0) is 30.5 Å². The van der Waals surface area contributed by atoms with Gasteiger partial charge in [0.05, 0.1) is 12.1 Å². The molecule has 1 atom stereocenters. The molecule has 132 valence electrons. The summed E-state index contributed by atoms with van der Waals surface area (Å²) in [7, 11) is 0. The molecule has 0 aliphatic rings. The maximum atomic E-state index is 12.0. The second kappa shape index (κ2) is 8.40. The number of amides is 1. The number of nitrogens with one attached hydrogen (secondary N) is 1. The van der Waals surface area contributed by atoms with Crippen molar-refractivity contribution in [1.82, 2.24) is 10.3 Å². The minimum absolute atomic E-state index is 0.327. The first-order valence-corrected chi connectivity index (χ1v) is 9.04. The summed E-state index contributed by atoms with van der Waals surface area (Å²) in [6.45, 7) is 1.98. The van der Waals surface area contributed by atoms with Crippen molar-refractivity contribution in [1.29, 1.82) is 0 Å². The molecule has 1 aromatic carbocycles. The van der Waals surface area contributed by atoms with E-state index >= 15 is 0 Å². The van der Waals surface area contributed by atoms with Crippen molar-refractivity contribution in [3.8, 4) is 0 Å². The summed E-state index contributed by atoms with van der Waals surface area (Å²) in [5.41, 5.74) is 1.62. The van der Waals surface area contributed by atoms with Gasteiger partial charge in [-0.15, -0.1) is 11.3 Å². The average Bonchev–Trinajstić information content (AvgIpc) is 3.18. The molecular weight excluding hydrogens is 348 g/mol. The van der Waals surface area contributed by atoms with Crippen LogP contribution >= 0.6 is 11.3 Å². The lowest BCUT2D eigenvalue weighted by Crippen LogP contribution is -2.34. The molecule has 26 heavy (non-hydrogen) atoms. The number of pyridine rings is 1. The normalized spacial score (nSPS) is 12.2. The lowest BCUT2D eigenvalue weighted by Gasteiger charge is -2.11. The molecule has 1 unspecified atom stereocenters. The summed E-state index contributed by atoms with van der Waals surface area (Å²) in [4.78, 5) is 29.4. The Morgan fingerprint density at radius 1 is 1.23 bits per heavy atom. The molecule has 0 aliphatic heterocycles. The Bertz CT molecular complexity index is 930. The third kappa shape index (κ3) is 4.55. The van der Waals surface area contributed by atoms with Crippen LogP contribution in [0.2, 0.25) is 0 Å². The number of nitrogens with zero attached hydrogens (tertiary/aromatic N) is 1. The number of hydrogen-bond donors (Lipinski definition) is 1. The van der Waals surface area contributed by atoms with Crippen molar-refractivity contribution in [3.63, 3.8) is 0 Å². The lowest BCUT2D eigenvalue weighted by atomic mass is 10.1. The minimum atomic E-state index is -0.863. The Morgan fingerprint density at radius 3 is 2.88 bits per heavy atom. The lowest BCUT2D eigenvalue weighted by molar-refractivity contribution is -0.150. The predicted octanol–water partition coefficient (Wildman–Crippen LogP) is 3.56. The molecule has 2 heterocycles. The van der Waals surface area contributed by atoms with Crippen LogP contribution in [0.5, 0.6) is 0 Å². The van der Waals surface area contributed by atoms with Gasteiger partial charge in [0.2, 0.25) is 0 Å².